The van der Waals surface area contributed by atoms with Crippen LogP contribution in [0.5, 0.6) is 5.75 Å². The first-order valence-electron chi connectivity index (χ1n) is 13.1. The monoisotopic (exact) mass is 604 g/mol. The van der Waals surface area contributed by atoms with Gasteiger partial charge in [0, 0.05) is 12.0 Å². The Labute approximate surface area is 244 Å². The van der Waals surface area contributed by atoms with E-state index in [0.29, 0.717) is 22.7 Å². The van der Waals surface area contributed by atoms with Crippen molar-refractivity contribution >= 4 is 28.0 Å². The van der Waals surface area contributed by atoms with Gasteiger partial charge in [0.1, 0.15) is 49.3 Å². The van der Waals surface area contributed by atoms with E-state index in [0.717, 1.165) is 5.56 Å². The molecule has 2 aliphatic rings. The average molecular weight is 605 g/mol. The molecule has 0 saturated carbocycles. The van der Waals surface area contributed by atoms with Crippen LogP contribution < -0.4 is 13.8 Å². The molecule has 1 spiro atoms. The van der Waals surface area contributed by atoms with E-state index in [9.17, 15) is 18.0 Å². The molecule has 0 unspecified atom stereocenters. The van der Waals surface area contributed by atoms with Gasteiger partial charge < -0.3 is 23.7 Å². The number of hydrogen-bond donors (Lipinski definition) is 1. The van der Waals surface area contributed by atoms with Gasteiger partial charge >= 0.3 is 22.3 Å². The number of hydrogen-bond acceptors (Lipinski definition) is 9. The third kappa shape index (κ3) is 7.32. The fourth-order valence-electron chi connectivity index (χ4n) is 4.51. The summed E-state index contributed by atoms with van der Waals surface area (Å²) >= 11 is 0. The molecule has 42 heavy (non-hydrogen) atoms. The maximum Gasteiger partial charge on any atom is 0.422 e. The van der Waals surface area contributed by atoms with Gasteiger partial charge in [-0.3, -0.25) is 4.79 Å². The lowest BCUT2D eigenvalue weighted by molar-refractivity contribution is -0.152. The van der Waals surface area contributed by atoms with E-state index < -0.39 is 51.7 Å². The standard InChI is InChI=1S/C29H33FN2O9S/c1-5-13-37-27(34)31-42(35,36)32(18-24(33)41-28(2,3)4)26-23(38-19-20-9-7-6-8-10-20)16-21-11-12-29(39-14-15-40-29)17-22(21)25(26)30/h5-10,14-16H,1,11-13,17-19H2,2-4H3,(H,31,34). The Kier molecular flexibility index (Phi) is 9.00. The van der Waals surface area contributed by atoms with Crippen LogP contribution >= 0.6 is 0 Å². The summed E-state index contributed by atoms with van der Waals surface area (Å²) in [7, 11) is -4.96. The first-order valence-corrected chi connectivity index (χ1v) is 14.6. The van der Waals surface area contributed by atoms with Gasteiger partial charge in [0.15, 0.2) is 5.82 Å². The number of carbonyl (C=O) groups is 2. The number of amides is 1. The normalized spacial score (nSPS) is 15.1. The zero-order valence-electron chi connectivity index (χ0n) is 23.6. The molecule has 4 rings (SSSR count). The Morgan fingerprint density at radius 2 is 1.88 bits per heavy atom. The van der Waals surface area contributed by atoms with Gasteiger partial charge in [0.25, 0.3) is 5.79 Å². The van der Waals surface area contributed by atoms with Crippen LogP contribution in [0.1, 0.15) is 43.9 Å². The van der Waals surface area contributed by atoms with E-state index in [1.807, 2.05) is 6.07 Å². The number of ether oxygens (including phenoxy) is 5. The van der Waals surface area contributed by atoms with Crippen LogP contribution in [0.15, 0.2) is 61.6 Å². The molecule has 1 heterocycles. The van der Waals surface area contributed by atoms with Crippen molar-refractivity contribution in [2.24, 2.45) is 0 Å². The lowest BCUT2D eigenvalue weighted by Gasteiger charge is -2.35. The molecule has 0 bridgehead atoms. The molecular formula is C29H33FN2O9S. The number of aryl methyl sites for hydroxylation is 1. The van der Waals surface area contributed by atoms with Crippen molar-refractivity contribution in [1.82, 2.24) is 4.72 Å². The number of halogens is 1. The van der Waals surface area contributed by atoms with E-state index in [4.69, 9.17) is 23.7 Å². The van der Waals surface area contributed by atoms with Crippen molar-refractivity contribution in [1.29, 1.82) is 0 Å². The van der Waals surface area contributed by atoms with Gasteiger partial charge in [0.05, 0.1) is 6.42 Å². The van der Waals surface area contributed by atoms with Crippen molar-refractivity contribution < 1.29 is 46.1 Å². The topological polar surface area (TPSA) is 130 Å². The predicted octanol–water partition coefficient (Wildman–Crippen LogP) is 4.41. The number of anilines is 1. The molecule has 0 atom stereocenters. The second-order valence-electron chi connectivity index (χ2n) is 10.6. The molecule has 13 heteroatoms. The van der Waals surface area contributed by atoms with E-state index in [1.165, 1.54) is 24.7 Å². The first kappa shape index (κ1) is 30.7. The Balaban J connectivity index is 1.82. The molecule has 1 N–H and O–H groups in total. The van der Waals surface area contributed by atoms with Gasteiger partial charge in [-0.15, -0.1) is 0 Å². The Bertz CT molecular complexity index is 1460. The molecule has 2 aromatic carbocycles. The van der Waals surface area contributed by atoms with Gasteiger partial charge in [0.2, 0.25) is 0 Å². The summed E-state index contributed by atoms with van der Waals surface area (Å²) in [4.78, 5) is 25.2. The Morgan fingerprint density at radius 3 is 2.52 bits per heavy atom. The summed E-state index contributed by atoms with van der Waals surface area (Å²) in [6.07, 6.45) is 3.29. The molecular weight excluding hydrogens is 571 g/mol. The summed E-state index contributed by atoms with van der Waals surface area (Å²) in [5.74, 6) is -3.30. The Morgan fingerprint density at radius 1 is 1.19 bits per heavy atom. The molecule has 1 amide bonds. The average Bonchev–Trinajstić information content (AvgIpc) is 3.37. The van der Waals surface area contributed by atoms with Crippen LogP contribution in [0.2, 0.25) is 0 Å². The summed E-state index contributed by atoms with van der Waals surface area (Å²) in [6, 6.07) is 10.5. The highest BCUT2D eigenvalue weighted by Gasteiger charge is 2.43. The first-order chi connectivity index (χ1) is 19.8. The van der Waals surface area contributed by atoms with Crippen molar-refractivity contribution in [3.8, 4) is 5.75 Å². The van der Waals surface area contributed by atoms with Gasteiger partial charge in [-0.05, 0) is 44.4 Å². The Hall–Kier alpha value is -4.26. The number of benzene rings is 2. The number of nitrogens with one attached hydrogen (secondary N) is 1. The number of rotatable bonds is 10. The molecule has 11 nitrogen and oxygen atoms in total. The van der Waals surface area contributed by atoms with Crippen LogP contribution in [0.4, 0.5) is 14.9 Å². The summed E-state index contributed by atoms with van der Waals surface area (Å²) < 4.78 is 73.3. The van der Waals surface area contributed by atoms with E-state index in [1.54, 1.807) is 49.8 Å². The molecule has 0 radical (unpaired) electrons. The number of carbonyl (C=O) groups excluding carboxylic acids is 2. The fourth-order valence-corrected chi connectivity index (χ4v) is 5.58. The molecule has 2 aromatic rings. The SMILES string of the molecule is C=CCOC(=O)NS(=O)(=O)N(CC(=O)OC(C)(C)C)c1c(OCc2ccccc2)cc2c(c1F)CC1(CC2)OC=CO1. The molecule has 1 aliphatic carbocycles. The zero-order valence-corrected chi connectivity index (χ0v) is 24.4. The van der Waals surface area contributed by atoms with Gasteiger partial charge in [-0.2, -0.15) is 8.42 Å². The lowest BCUT2D eigenvalue weighted by atomic mass is 9.86. The maximum absolute atomic E-state index is 16.7. The minimum absolute atomic E-state index is 0.0404. The maximum atomic E-state index is 16.7. The lowest BCUT2D eigenvalue weighted by Crippen LogP contribution is -2.48. The van der Waals surface area contributed by atoms with Crippen molar-refractivity contribution in [2.75, 3.05) is 17.5 Å². The highest BCUT2D eigenvalue weighted by atomic mass is 32.2. The minimum Gasteiger partial charge on any atom is -0.487 e. The number of fused-ring (bicyclic) bond motifs is 1. The quantitative estimate of drug-likeness (QED) is 0.310. The summed E-state index contributed by atoms with van der Waals surface area (Å²) in [6.45, 7) is 6.87. The third-order valence-electron chi connectivity index (χ3n) is 6.26. The van der Waals surface area contributed by atoms with Crippen molar-refractivity contribution in [3.63, 3.8) is 0 Å². The number of nitrogens with zero attached hydrogens (tertiary/aromatic N) is 1. The molecule has 0 fully saturated rings. The molecule has 226 valence electrons. The predicted molar refractivity (Wildman–Crippen MR) is 150 cm³/mol. The molecule has 0 aromatic heterocycles. The smallest absolute Gasteiger partial charge is 0.422 e. The largest absolute Gasteiger partial charge is 0.487 e. The van der Waals surface area contributed by atoms with Crippen LogP contribution in [-0.4, -0.2) is 45.0 Å². The van der Waals surface area contributed by atoms with E-state index in [2.05, 4.69) is 6.58 Å². The second kappa shape index (κ2) is 12.3. The van der Waals surface area contributed by atoms with Gasteiger partial charge in [-0.1, -0.05) is 43.0 Å². The van der Waals surface area contributed by atoms with E-state index in [-0.39, 0.29) is 30.9 Å². The fraction of sp³-hybridized carbons (Fsp3) is 0.379. The highest BCUT2D eigenvalue weighted by Crippen LogP contribution is 2.44. The zero-order chi connectivity index (χ0) is 30.5. The second-order valence-corrected chi connectivity index (χ2v) is 12.2. The molecule has 0 saturated heterocycles. The summed E-state index contributed by atoms with van der Waals surface area (Å²) in [5.41, 5.74) is -0.183. The number of esters is 1. The van der Waals surface area contributed by atoms with Crippen LogP contribution in [-0.2, 0) is 53.4 Å². The molecule has 1 aliphatic heterocycles. The van der Waals surface area contributed by atoms with Crippen molar-refractivity contribution in [2.45, 2.75) is 58.0 Å². The summed E-state index contributed by atoms with van der Waals surface area (Å²) in [5, 5.41) is 0. The van der Waals surface area contributed by atoms with E-state index >= 15 is 4.39 Å². The van der Waals surface area contributed by atoms with Crippen LogP contribution in [0.3, 0.4) is 0 Å². The van der Waals surface area contributed by atoms with Crippen molar-refractivity contribution in [3.05, 3.63) is 84.1 Å². The van der Waals surface area contributed by atoms with Gasteiger partial charge in [-0.25, -0.2) is 18.2 Å². The third-order valence-corrected chi connectivity index (χ3v) is 7.57. The highest BCUT2D eigenvalue weighted by molar-refractivity contribution is 7.91. The van der Waals surface area contributed by atoms with Crippen LogP contribution in [0, 0.1) is 5.82 Å². The van der Waals surface area contributed by atoms with Crippen LogP contribution in [0.25, 0.3) is 0 Å². The minimum atomic E-state index is -4.96.